The van der Waals surface area contributed by atoms with Crippen LogP contribution in [0.1, 0.15) is 17.5 Å². The van der Waals surface area contributed by atoms with E-state index >= 15 is 0 Å². The number of pyridine rings is 1. The number of primary sulfonamides is 1. The van der Waals surface area contributed by atoms with Crippen LogP contribution >= 0.6 is 11.3 Å². The summed E-state index contributed by atoms with van der Waals surface area (Å²) in [5.74, 6) is -1.71. The topological polar surface area (TPSA) is 152 Å². The number of benzene rings is 2. The second-order valence-corrected chi connectivity index (χ2v) is 11.3. The third-order valence-electron chi connectivity index (χ3n) is 6.22. The van der Waals surface area contributed by atoms with Gasteiger partial charge in [-0.2, -0.15) is 9.67 Å². The number of hydrogen-bond donors (Lipinski definition) is 1. The maximum atomic E-state index is 14.2. The summed E-state index contributed by atoms with van der Waals surface area (Å²) in [7, 11) is -3.96. The molecule has 0 amide bonds. The Bertz CT molecular complexity index is 2120. The van der Waals surface area contributed by atoms with Crippen LogP contribution in [0, 0.1) is 5.82 Å². The van der Waals surface area contributed by atoms with E-state index in [1.165, 1.54) is 52.4 Å². The van der Waals surface area contributed by atoms with Crippen LogP contribution in [-0.2, 0) is 14.8 Å². The van der Waals surface area contributed by atoms with Gasteiger partial charge < -0.3 is 4.74 Å². The maximum Gasteiger partial charge on any atom is 0.376 e. The number of rotatable bonds is 6. The number of halogens is 1. The molecule has 41 heavy (non-hydrogen) atoms. The summed E-state index contributed by atoms with van der Waals surface area (Å²) in [5.41, 5.74) is 1.23. The number of sulfonamides is 1. The van der Waals surface area contributed by atoms with Crippen LogP contribution in [0.2, 0.25) is 0 Å². The summed E-state index contributed by atoms with van der Waals surface area (Å²) in [4.78, 5) is 37.1. The molecule has 11 nitrogen and oxygen atoms in total. The van der Waals surface area contributed by atoms with Crippen LogP contribution < -0.4 is 10.7 Å². The quantitative estimate of drug-likeness (QED) is 0.288. The largest absolute Gasteiger partial charge is 0.460 e. The lowest BCUT2D eigenvalue weighted by molar-refractivity contribution is 0.0509. The van der Waals surface area contributed by atoms with E-state index in [-0.39, 0.29) is 34.1 Å². The molecule has 0 spiro atoms. The Morgan fingerprint density at radius 1 is 1.07 bits per heavy atom. The Balaban J connectivity index is 1.71. The predicted molar refractivity (Wildman–Crippen MR) is 150 cm³/mol. The lowest BCUT2D eigenvalue weighted by Crippen LogP contribution is -2.21. The number of ether oxygens (including phenoxy) is 1. The molecular weight excluding hydrogens is 571 g/mol. The van der Waals surface area contributed by atoms with Crippen LogP contribution in [0.15, 0.2) is 81.8 Å². The van der Waals surface area contributed by atoms with Crippen molar-refractivity contribution in [1.29, 1.82) is 0 Å². The summed E-state index contributed by atoms with van der Waals surface area (Å²) < 4.78 is 44.7. The first kappa shape index (κ1) is 26.4. The van der Waals surface area contributed by atoms with E-state index in [0.717, 1.165) is 9.28 Å². The number of carbonyl (C=O) groups is 1. The smallest absolute Gasteiger partial charge is 0.376 e. The standard InChI is InChI=1S/C27H19FN6O5S2/c1-2-39-26(36)24-32-34(17-9-11-18(12-10-17)41(29,37)38)27-31-23-22(25(35)33(24)27)19(15-5-7-16(28)8-6-15)14-20(30-23)21-4-3-13-40-21/h3-14H,2H2,1H3,(H2,29,37,38). The van der Waals surface area contributed by atoms with Gasteiger partial charge in [0, 0.05) is 5.56 Å². The molecule has 2 N–H and O–H groups in total. The Labute approximate surface area is 235 Å². The Hall–Kier alpha value is -4.79. The first-order valence-electron chi connectivity index (χ1n) is 12.1. The Morgan fingerprint density at radius 3 is 2.44 bits per heavy atom. The molecule has 6 aromatic rings. The van der Waals surface area contributed by atoms with Crippen LogP contribution in [0.3, 0.4) is 0 Å². The average molecular weight is 591 g/mol. The number of fused-ring (bicyclic) bond motifs is 2. The number of aromatic nitrogens is 5. The van der Waals surface area contributed by atoms with Gasteiger partial charge in [0.15, 0.2) is 5.65 Å². The van der Waals surface area contributed by atoms with Gasteiger partial charge in [0.1, 0.15) is 5.82 Å². The fourth-order valence-corrected chi connectivity index (χ4v) is 5.58. The van der Waals surface area contributed by atoms with Crippen LogP contribution in [0.5, 0.6) is 0 Å². The average Bonchev–Trinajstić information content (AvgIpc) is 3.62. The molecule has 0 radical (unpaired) electrons. The van der Waals surface area contributed by atoms with Crippen molar-refractivity contribution in [3.63, 3.8) is 0 Å². The van der Waals surface area contributed by atoms with Gasteiger partial charge >= 0.3 is 5.97 Å². The molecule has 6 rings (SSSR count). The van der Waals surface area contributed by atoms with Crippen LogP contribution in [0.4, 0.5) is 4.39 Å². The fraction of sp³-hybridized carbons (Fsp3) is 0.0741. The minimum absolute atomic E-state index is 0.0264. The van der Waals surface area contributed by atoms with Gasteiger partial charge in [-0.15, -0.1) is 16.4 Å². The molecule has 206 valence electrons. The van der Waals surface area contributed by atoms with Gasteiger partial charge in [-0.1, -0.05) is 18.2 Å². The molecule has 0 aliphatic carbocycles. The lowest BCUT2D eigenvalue weighted by atomic mass is 10.0. The molecule has 2 aromatic carbocycles. The highest BCUT2D eigenvalue weighted by Gasteiger charge is 2.26. The van der Waals surface area contributed by atoms with Crippen LogP contribution in [0.25, 0.3) is 44.2 Å². The van der Waals surface area contributed by atoms with Crippen molar-refractivity contribution in [3.8, 4) is 27.4 Å². The molecule has 0 unspecified atom stereocenters. The monoisotopic (exact) mass is 590 g/mol. The minimum atomic E-state index is -3.96. The second kappa shape index (κ2) is 9.99. The molecule has 0 bridgehead atoms. The number of nitrogens with two attached hydrogens (primary N) is 1. The van der Waals surface area contributed by atoms with E-state index in [0.29, 0.717) is 22.5 Å². The van der Waals surface area contributed by atoms with Gasteiger partial charge in [0.2, 0.25) is 21.6 Å². The Kier molecular flexibility index (Phi) is 6.44. The summed E-state index contributed by atoms with van der Waals surface area (Å²) >= 11 is 1.44. The SMILES string of the molecule is CCOC(=O)c1nn(-c2ccc(S(N)(=O)=O)cc2)c2nc3nc(-c4cccs4)cc(-c4ccc(F)cc4)c3c(=O)n12. The summed E-state index contributed by atoms with van der Waals surface area (Å²) in [6.45, 7) is 1.64. The van der Waals surface area contributed by atoms with Crippen molar-refractivity contribution in [2.24, 2.45) is 5.14 Å². The van der Waals surface area contributed by atoms with Gasteiger partial charge in [-0.25, -0.2) is 32.1 Å². The summed E-state index contributed by atoms with van der Waals surface area (Å²) in [6.07, 6.45) is 0. The lowest BCUT2D eigenvalue weighted by Gasteiger charge is -2.10. The molecule has 0 aliphatic rings. The van der Waals surface area contributed by atoms with Gasteiger partial charge in [0.05, 0.1) is 33.1 Å². The van der Waals surface area contributed by atoms with Crippen LogP contribution in [-0.4, -0.2) is 45.1 Å². The van der Waals surface area contributed by atoms with Gasteiger partial charge in [-0.3, -0.25) is 4.79 Å². The van der Waals surface area contributed by atoms with Crippen molar-refractivity contribution >= 4 is 44.1 Å². The zero-order valence-electron chi connectivity index (χ0n) is 21.2. The second-order valence-electron chi connectivity index (χ2n) is 8.79. The normalized spacial score (nSPS) is 11.8. The maximum absolute atomic E-state index is 14.2. The first-order valence-corrected chi connectivity index (χ1v) is 14.5. The van der Waals surface area contributed by atoms with E-state index in [4.69, 9.17) is 9.88 Å². The third-order valence-corrected chi connectivity index (χ3v) is 8.04. The van der Waals surface area contributed by atoms with E-state index < -0.39 is 27.4 Å². The van der Waals surface area contributed by atoms with Crippen molar-refractivity contribution in [3.05, 3.63) is 94.1 Å². The number of nitrogens with zero attached hydrogens (tertiary/aromatic N) is 5. The van der Waals surface area contributed by atoms with Crippen molar-refractivity contribution < 1.29 is 22.3 Å². The highest BCUT2D eigenvalue weighted by Crippen LogP contribution is 2.32. The fourth-order valence-electron chi connectivity index (χ4n) is 4.37. The number of thiophene rings is 1. The van der Waals surface area contributed by atoms with E-state index in [1.54, 1.807) is 25.1 Å². The number of carbonyl (C=O) groups excluding carboxylic acids is 1. The van der Waals surface area contributed by atoms with Crippen molar-refractivity contribution in [2.75, 3.05) is 6.61 Å². The van der Waals surface area contributed by atoms with E-state index in [2.05, 4.69) is 15.1 Å². The molecule has 0 saturated heterocycles. The first-order chi connectivity index (χ1) is 19.7. The van der Waals surface area contributed by atoms with E-state index in [9.17, 15) is 22.4 Å². The number of esters is 1. The molecule has 4 heterocycles. The number of hydrogen-bond acceptors (Lipinski definition) is 9. The highest BCUT2D eigenvalue weighted by molar-refractivity contribution is 7.89. The highest BCUT2D eigenvalue weighted by atomic mass is 32.2. The molecule has 0 fully saturated rings. The van der Waals surface area contributed by atoms with Crippen molar-refractivity contribution in [1.82, 2.24) is 24.1 Å². The predicted octanol–water partition coefficient (Wildman–Crippen LogP) is 3.79. The van der Waals surface area contributed by atoms with Gasteiger partial charge in [-0.05, 0) is 66.4 Å². The van der Waals surface area contributed by atoms with Crippen molar-refractivity contribution in [2.45, 2.75) is 11.8 Å². The Morgan fingerprint density at radius 2 is 1.80 bits per heavy atom. The van der Waals surface area contributed by atoms with Gasteiger partial charge in [0.25, 0.3) is 5.56 Å². The zero-order valence-corrected chi connectivity index (χ0v) is 22.8. The minimum Gasteiger partial charge on any atom is -0.460 e. The molecule has 14 heteroatoms. The third kappa shape index (κ3) is 4.67. The molecule has 4 aromatic heterocycles. The summed E-state index contributed by atoms with van der Waals surface area (Å²) in [6, 6.07) is 16.5. The summed E-state index contributed by atoms with van der Waals surface area (Å²) in [5, 5.41) is 11.5. The zero-order chi connectivity index (χ0) is 28.9. The molecule has 0 aliphatic heterocycles. The molecular formula is C27H19FN6O5S2. The molecule has 0 saturated carbocycles. The van der Waals surface area contributed by atoms with E-state index in [1.807, 2.05) is 17.5 Å². The molecule has 0 atom stereocenters.